The van der Waals surface area contributed by atoms with Crippen LogP contribution in [0.1, 0.15) is 30.5 Å². The SMILES string of the molecule is Cc1ccc(N2C(=S)N[C@@H]3C[C@@]2(C)Oc2c(Cl)cccc23)cc1. The van der Waals surface area contributed by atoms with Gasteiger partial charge < -0.3 is 10.1 Å². The largest absolute Gasteiger partial charge is 0.466 e. The molecule has 0 amide bonds. The number of para-hydroxylation sites is 1. The molecule has 5 heteroatoms. The van der Waals surface area contributed by atoms with Crippen molar-refractivity contribution in [3.8, 4) is 5.75 Å². The van der Waals surface area contributed by atoms with E-state index in [-0.39, 0.29) is 6.04 Å². The van der Waals surface area contributed by atoms with E-state index in [0.717, 1.165) is 23.4 Å². The quantitative estimate of drug-likeness (QED) is 0.765. The Hall–Kier alpha value is -1.78. The molecular formula is C18H17ClN2OS. The summed E-state index contributed by atoms with van der Waals surface area (Å²) in [6, 6.07) is 14.3. The number of hydrogen-bond acceptors (Lipinski definition) is 2. The lowest BCUT2D eigenvalue weighted by Crippen LogP contribution is -2.65. The van der Waals surface area contributed by atoms with Crippen molar-refractivity contribution < 1.29 is 4.74 Å². The molecule has 2 aromatic rings. The molecule has 2 heterocycles. The van der Waals surface area contributed by atoms with Gasteiger partial charge in [0.05, 0.1) is 11.1 Å². The summed E-state index contributed by atoms with van der Waals surface area (Å²) >= 11 is 12.0. The molecule has 2 aliphatic rings. The highest BCUT2D eigenvalue weighted by Gasteiger charge is 2.48. The van der Waals surface area contributed by atoms with Crippen LogP contribution in [0.5, 0.6) is 5.75 Å². The van der Waals surface area contributed by atoms with Gasteiger partial charge in [-0.1, -0.05) is 41.4 Å². The molecule has 1 saturated heterocycles. The average Bonchev–Trinajstić information content (AvgIpc) is 2.50. The van der Waals surface area contributed by atoms with Gasteiger partial charge >= 0.3 is 0 Å². The molecule has 2 atom stereocenters. The third kappa shape index (κ3) is 2.28. The summed E-state index contributed by atoms with van der Waals surface area (Å²) < 4.78 is 6.36. The number of aryl methyl sites for hydroxylation is 1. The summed E-state index contributed by atoms with van der Waals surface area (Å²) in [5.74, 6) is 0.750. The lowest BCUT2D eigenvalue weighted by Gasteiger charge is -2.52. The van der Waals surface area contributed by atoms with Crippen molar-refractivity contribution in [1.82, 2.24) is 5.32 Å². The zero-order valence-electron chi connectivity index (χ0n) is 13.0. The van der Waals surface area contributed by atoms with Crippen LogP contribution in [-0.4, -0.2) is 10.8 Å². The van der Waals surface area contributed by atoms with Crippen LogP contribution in [-0.2, 0) is 0 Å². The Kier molecular flexibility index (Phi) is 3.29. The van der Waals surface area contributed by atoms with Crippen molar-refractivity contribution in [3.63, 3.8) is 0 Å². The second-order valence-corrected chi connectivity index (χ2v) is 7.11. The molecule has 0 aromatic heterocycles. The summed E-state index contributed by atoms with van der Waals surface area (Å²) in [5.41, 5.74) is 2.75. The lowest BCUT2D eigenvalue weighted by atomic mass is 9.90. The first-order valence-corrected chi connectivity index (χ1v) is 8.41. The van der Waals surface area contributed by atoms with Crippen LogP contribution in [0.4, 0.5) is 5.69 Å². The molecule has 1 N–H and O–H groups in total. The van der Waals surface area contributed by atoms with Gasteiger partial charge in [-0.05, 0) is 44.3 Å². The van der Waals surface area contributed by atoms with Crippen molar-refractivity contribution in [1.29, 1.82) is 0 Å². The molecule has 0 radical (unpaired) electrons. The summed E-state index contributed by atoms with van der Waals surface area (Å²) in [5, 5.41) is 4.75. The van der Waals surface area contributed by atoms with Gasteiger partial charge in [-0.15, -0.1) is 0 Å². The van der Waals surface area contributed by atoms with E-state index in [4.69, 9.17) is 28.6 Å². The highest BCUT2D eigenvalue weighted by molar-refractivity contribution is 7.80. The van der Waals surface area contributed by atoms with E-state index in [0.29, 0.717) is 10.1 Å². The van der Waals surface area contributed by atoms with E-state index >= 15 is 0 Å². The standard InChI is InChI=1S/C18H17ClN2OS/c1-11-6-8-12(9-7-11)21-17(23)20-15-10-18(21,2)22-16-13(15)4-3-5-14(16)19/h3-9,15H,10H2,1-2H3,(H,20,23)/t15-,18-/m1/s1. The number of thiocarbonyl (C=S) groups is 1. The number of hydrogen-bond donors (Lipinski definition) is 1. The first kappa shape index (κ1) is 14.8. The molecule has 2 aromatic carbocycles. The first-order valence-electron chi connectivity index (χ1n) is 7.63. The Morgan fingerprint density at radius 2 is 2.00 bits per heavy atom. The fourth-order valence-corrected chi connectivity index (χ4v) is 4.10. The van der Waals surface area contributed by atoms with Crippen molar-refractivity contribution in [2.45, 2.75) is 32.0 Å². The Labute approximate surface area is 146 Å². The number of ether oxygens (including phenoxy) is 1. The number of rotatable bonds is 1. The van der Waals surface area contributed by atoms with E-state index in [1.54, 1.807) is 0 Å². The normalized spacial score (nSPS) is 25.4. The van der Waals surface area contributed by atoms with Gasteiger partial charge in [0.1, 0.15) is 5.75 Å². The predicted octanol–water partition coefficient (Wildman–Crippen LogP) is 4.58. The lowest BCUT2D eigenvalue weighted by molar-refractivity contribution is 0.0499. The maximum Gasteiger partial charge on any atom is 0.188 e. The monoisotopic (exact) mass is 344 g/mol. The Morgan fingerprint density at radius 3 is 2.74 bits per heavy atom. The van der Waals surface area contributed by atoms with Crippen molar-refractivity contribution in [2.24, 2.45) is 0 Å². The smallest absolute Gasteiger partial charge is 0.188 e. The number of nitrogens with zero attached hydrogens (tertiary/aromatic N) is 1. The zero-order chi connectivity index (χ0) is 16.2. The molecule has 2 bridgehead atoms. The Bertz CT molecular complexity index is 792. The van der Waals surface area contributed by atoms with Crippen LogP contribution in [0.15, 0.2) is 42.5 Å². The van der Waals surface area contributed by atoms with Crippen molar-refractivity contribution in [3.05, 3.63) is 58.6 Å². The minimum atomic E-state index is -0.555. The molecule has 118 valence electrons. The summed E-state index contributed by atoms with van der Waals surface area (Å²) in [6.07, 6.45) is 0.800. The minimum Gasteiger partial charge on any atom is -0.466 e. The van der Waals surface area contributed by atoms with E-state index in [1.807, 2.05) is 23.1 Å². The van der Waals surface area contributed by atoms with Crippen molar-refractivity contribution >= 4 is 34.6 Å². The van der Waals surface area contributed by atoms with E-state index in [9.17, 15) is 0 Å². The number of nitrogens with one attached hydrogen (secondary N) is 1. The van der Waals surface area contributed by atoms with Crippen LogP contribution < -0.4 is 15.0 Å². The molecule has 0 spiro atoms. The van der Waals surface area contributed by atoms with Gasteiger partial charge in [0.25, 0.3) is 0 Å². The second-order valence-electron chi connectivity index (χ2n) is 6.31. The van der Waals surface area contributed by atoms with Gasteiger partial charge in [-0.2, -0.15) is 0 Å². The molecule has 4 rings (SSSR count). The topological polar surface area (TPSA) is 24.5 Å². The summed E-state index contributed by atoms with van der Waals surface area (Å²) in [6.45, 7) is 4.14. The molecule has 1 fully saturated rings. The maximum atomic E-state index is 6.36. The van der Waals surface area contributed by atoms with E-state index in [1.165, 1.54) is 5.56 Å². The predicted molar refractivity (Wildman–Crippen MR) is 97.2 cm³/mol. The van der Waals surface area contributed by atoms with Crippen LogP contribution in [0, 0.1) is 6.92 Å². The summed E-state index contributed by atoms with van der Waals surface area (Å²) in [4.78, 5) is 2.05. The average molecular weight is 345 g/mol. The van der Waals surface area contributed by atoms with Gasteiger partial charge in [-0.25, -0.2) is 0 Å². The maximum absolute atomic E-state index is 6.36. The van der Waals surface area contributed by atoms with E-state index < -0.39 is 5.72 Å². The zero-order valence-corrected chi connectivity index (χ0v) is 14.5. The molecule has 0 saturated carbocycles. The first-order chi connectivity index (χ1) is 11.0. The molecule has 23 heavy (non-hydrogen) atoms. The van der Waals surface area contributed by atoms with Crippen molar-refractivity contribution in [2.75, 3.05) is 4.90 Å². The van der Waals surface area contributed by atoms with Gasteiger partial charge in [0, 0.05) is 17.7 Å². The van der Waals surface area contributed by atoms with Crippen LogP contribution in [0.2, 0.25) is 5.02 Å². The van der Waals surface area contributed by atoms with Crippen LogP contribution in [0.25, 0.3) is 0 Å². The third-order valence-corrected chi connectivity index (χ3v) is 5.14. The molecule has 2 aliphatic heterocycles. The number of benzene rings is 2. The Morgan fingerprint density at radius 1 is 1.26 bits per heavy atom. The third-order valence-electron chi connectivity index (χ3n) is 4.54. The van der Waals surface area contributed by atoms with Gasteiger partial charge in [0.2, 0.25) is 0 Å². The summed E-state index contributed by atoms with van der Waals surface area (Å²) in [7, 11) is 0. The second kappa shape index (κ2) is 5.11. The molecule has 0 aliphatic carbocycles. The van der Waals surface area contributed by atoms with E-state index in [2.05, 4.69) is 43.4 Å². The fraction of sp³-hybridized carbons (Fsp3) is 0.278. The Balaban J connectivity index is 1.82. The molecular weight excluding hydrogens is 328 g/mol. The number of anilines is 1. The van der Waals surface area contributed by atoms with Gasteiger partial charge in [0.15, 0.2) is 10.8 Å². The fourth-order valence-electron chi connectivity index (χ4n) is 3.44. The molecule has 0 unspecified atom stereocenters. The minimum absolute atomic E-state index is 0.122. The number of halogens is 1. The number of fused-ring (bicyclic) bond motifs is 4. The highest BCUT2D eigenvalue weighted by atomic mass is 35.5. The highest BCUT2D eigenvalue weighted by Crippen LogP contribution is 2.47. The van der Waals surface area contributed by atoms with Crippen LogP contribution >= 0.6 is 23.8 Å². The van der Waals surface area contributed by atoms with Gasteiger partial charge in [-0.3, -0.25) is 4.90 Å². The molecule has 3 nitrogen and oxygen atoms in total. The van der Waals surface area contributed by atoms with Crippen LogP contribution in [0.3, 0.4) is 0 Å².